The number of rotatable bonds is 7. The molecule has 0 saturated heterocycles. The van der Waals surface area contributed by atoms with Crippen molar-refractivity contribution in [3.05, 3.63) is 29.8 Å². The van der Waals surface area contributed by atoms with Crippen molar-refractivity contribution >= 4 is 23.3 Å². The highest BCUT2D eigenvalue weighted by Crippen LogP contribution is 2.09. The molecule has 0 unspecified atom stereocenters. The fourth-order valence-corrected chi connectivity index (χ4v) is 1.58. The van der Waals surface area contributed by atoms with Crippen LogP contribution in [0.3, 0.4) is 0 Å². The Kier molecular flexibility index (Phi) is 7.11. The van der Waals surface area contributed by atoms with E-state index in [0.717, 1.165) is 0 Å². The first kappa shape index (κ1) is 16.8. The molecule has 2 amide bonds. The van der Waals surface area contributed by atoms with Gasteiger partial charge in [-0.1, -0.05) is 0 Å². The maximum absolute atomic E-state index is 11.6. The van der Waals surface area contributed by atoms with E-state index in [1.807, 2.05) is 6.92 Å². The van der Waals surface area contributed by atoms with Crippen LogP contribution in [-0.2, 0) is 14.3 Å². The third-order valence-electron chi connectivity index (χ3n) is 2.71. The van der Waals surface area contributed by atoms with Crippen LogP contribution in [0.25, 0.3) is 0 Å². The molecule has 1 rings (SSSR count). The number of nitrogens with one attached hydrogen (secondary N) is 2. The molecule has 0 aliphatic rings. The van der Waals surface area contributed by atoms with E-state index in [0.29, 0.717) is 37.4 Å². The van der Waals surface area contributed by atoms with E-state index in [1.54, 1.807) is 24.3 Å². The number of hydrogen-bond donors (Lipinski definition) is 2. The molecular weight excluding hydrogens is 272 g/mol. The van der Waals surface area contributed by atoms with Gasteiger partial charge >= 0.3 is 11.8 Å². The number of ketones is 1. The molecule has 0 aromatic heterocycles. The zero-order chi connectivity index (χ0) is 15.7. The number of benzene rings is 1. The molecule has 0 atom stereocenters. The normalized spacial score (nSPS) is 10.0. The fraction of sp³-hybridized carbons (Fsp3) is 0.400. The summed E-state index contributed by atoms with van der Waals surface area (Å²) in [6.45, 7) is 4.91. The Balaban J connectivity index is 2.38. The lowest BCUT2D eigenvalue weighted by Gasteiger charge is -2.07. The third kappa shape index (κ3) is 6.18. The summed E-state index contributed by atoms with van der Waals surface area (Å²) in [5.74, 6) is -1.48. The number of carbonyl (C=O) groups excluding carboxylic acids is 3. The molecule has 114 valence electrons. The highest BCUT2D eigenvalue weighted by molar-refractivity contribution is 6.39. The molecule has 21 heavy (non-hydrogen) atoms. The van der Waals surface area contributed by atoms with Crippen LogP contribution in [0.15, 0.2) is 24.3 Å². The van der Waals surface area contributed by atoms with Crippen LogP contribution in [0.4, 0.5) is 5.69 Å². The van der Waals surface area contributed by atoms with Gasteiger partial charge in [-0.05, 0) is 44.5 Å². The lowest BCUT2D eigenvalue weighted by Crippen LogP contribution is -2.36. The fourth-order valence-electron chi connectivity index (χ4n) is 1.58. The summed E-state index contributed by atoms with van der Waals surface area (Å²) >= 11 is 0. The average molecular weight is 292 g/mol. The Morgan fingerprint density at radius 1 is 1.10 bits per heavy atom. The first-order valence-corrected chi connectivity index (χ1v) is 6.82. The van der Waals surface area contributed by atoms with E-state index >= 15 is 0 Å². The molecule has 1 aromatic rings. The number of Topliss-reactive ketones (excluding diaryl/α,β-unsaturated/α-hetero) is 1. The quantitative estimate of drug-likeness (QED) is 0.451. The second-order valence-corrected chi connectivity index (χ2v) is 4.39. The standard InChI is InChI=1S/C15H20N2O4/c1-3-21-10-4-9-16-14(19)15(20)17-13-7-5-12(6-8-13)11(2)18/h5-8H,3-4,9-10H2,1-2H3,(H,16,19)(H,17,20). The highest BCUT2D eigenvalue weighted by atomic mass is 16.5. The molecule has 2 N–H and O–H groups in total. The molecule has 6 heteroatoms. The Labute approximate surface area is 123 Å². The van der Waals surface area contributed by atoms with E-state index in [9.17, 15) is 14.4 Å². The van der Waals surface area contributed by atoms with Crippen LogP contribution in [0.1, 0.15) is 30.6 Å². The van der Waals surface area contributed by atoms with Gasteiger partial charge in [0.15, 0.2) is 5.78 Å². The van der Waals surface area contributed by atoms with Crippen molar-refractivity contribution in [2.24, 2.45) is 0 Å². The van der Waals surface area contributed by atoms with Gasteiger partial charge in [-0.3, -0.25) is 14.4 Å². The van der Waals surface area contributed by atoms with Crippen LogP contribution < -0.4 is 10.6 Å². The smallest absolute Gasteiger partial charge is 0.313 e. The van der Waals surface area contributed by atoms with Crippen molar-refractivity contribution < 1.29 is 19.1 Å². The molecule has 0 heterocycles. The molecule has 0 aliphatic carbocycles. The average Bonchev–Trinajstić information content (AvgIpc) is 2.47. The topological polar surface area (TPSA) is 84.5 Å². The van der Waals surface area contributed by atoms with Crippen molar-refractivity contribution in [1.82, 2.24) is 5.32 Å². The molecule has 0 spiro atoms. The van der Waals surface area contributed by atoms with Gasteiger partial charge in [0.2, 0.25) is 0 Å². The number of ether oxygens (including phenoxy) is 1. The summed E-state index contributed by atoms with van der Waals surface area (Å²) in [4.78, 5) is 34.3. The summed E-state index contributed by atoms with van der Waals surface area (Å²) < 4.78 is 5.12. The minimum atomic E-state index is -0.734. The first-order valence-electron chi connectivity index (χ1n) is 6.82. The zero-order valence-electron chi connectivity index (χ0n) is 12.3. The number of anilines is 1. The number of hydrogen-bond acceptors (Lipinski definition) is 4. The van der Waals surface area contributed by atoms with Gasteiger partial charge in [0.05, 0.1) is 0 Å². The zero-order valence-corrected chi connectivity index (χ0v) is 12.3. The van der Waals surface area contributed by atoms with Crippen molar-refractivity contribution in [2.75, 3.05) is 25.1 Å². The van der Waals surface area contributed by atoms with Crippen molar-refractivity contribution in [1.29, 1.82) is 0 Å². The van der Waals surface area contributed by atoms with Crippen LogP contribution in [0.2, 0.25) is 0 Å². The van der Waals surface area contributed by atoms with Crippen LogP contribution >= 0.6 is 0 Å². The Morgan fingerprint density at radius 3 is 2.33 bits per heavy atom. The molecule has 0 bridgehead atoms. The van der Waals surface area contributed by atoms with Crippen LogP contribution in [0, 0.1) is 0 Å². The van der Waals surface area contributed by atoms with E-state index in [2.05, 4.69) is 10.6 Å². The lowest BCUT2D eigenvalue weighted by atomic mass is 10.1. The largest absolute Gasteiger partial charge is 0.382 e. The molecule has 6 nitrogen and oxygen atoms in total. The second kappa shape index (κ2) is 8.86. The van der Waals surface area contributed by atoms with Gasteiger partial charge in [-0.2, -0.15) is 0 Å². The van der Waals surface area contributed by atoms with E-state index in [-0.39, 0.29) is 5.78 Å². The summed E-state index contributed by atoms with van der Waals surface area (Å²) in [6.07, 6.45) is 0.653. The summed E-state index contributed by atoms with van der Waals surface area (Å²) in [7, 11) is 0. The minimum Gasteiger partial charge on any atom is -0.382 e. The molecule has 0 saturated carbocycles. The predicted molar refractivity (Wildman–Crippen MR) is 79.2 cm³/mol. The second-order valence-electron chi connectivity index (χ2n) is 4.39. The van der Waals surface area contributed by atoms with Gasteiger partial charge in [0.1, 0.15) is 0 Å². The van der Waals surface area contributed by atoms with Crippen molar-refractivity contribution in [3.8, 4) is 0 Å². The lowest BCUT2D eigenvalue weighted by molar-refractivity contribution is -0.136. The maximum atomic E-state index is 11.6. The number of carbonyl (C=O) groups is 3. The van der Waals surface area contributed by atoms with E-state index < -0.39 is 11.8 Å². The molecular formula is C15H20N2O4. The summed E-state index contributed by atoms with van der Waals surface area (Å²) in [5, 5.41) is 4.97. The number of amides is 2. The highest BCUT2D eigenvalue weighted by Gasteiger charge is 2.12. The van der Waals surface area contributed by atoms with Crippen molar-refractivity contribution in [2.45, 2.75) is 20.3 Å². The molecule has 0 radical (unpaired) electrons. The predicted octanol–water partition coefficient (Wildman–Crippen LogP) is 1.37. The van der Waals surface area contributed by atoms with E-state index in [4.69, 9.17) is 4.74 Å². The van der Waals surface area contributed by atoms with Gasteiger partial charge in [0.25, 0.3) is 0 Å². The Morgan fingerprint density at radius 2 is 1.76 bits per heavy atom. The minimum absolute atomic E-state index is 0.0556. The van der Waals surface area contributed by atoms with Gasteiger partial charge in [-0.25, -0.2) is 0 Å². The third-order valence-corrected chi connectivity index (χ3v) is 2.71. The van der Waals surface area contributed by atoms with Gasteiger partial charge < -0.3 is 15.4 Å². The van der Waals surface area contributed by atoms with Crippen LogP contribution in [0.5, 0.6) is 0 Å². The van der Waals surface area contributed by atoms with Crippen molar-refractivity contribution in [3.63, 3.8) is 0 Å². The monoisotopic (exact) mass is 292 g/mol. The Bertz CT molecular complexity index is 497. The van der Waals surface area contributed by atoms with E-state index in [1.165, 1.54) is 6.92 Å². The van der Waals surface area contributed by atoms with Gasteiger partial charge in [-0.15, -0.1) is 0 Å². The summed E-state index contributed by atoms with van der Waals surface area (Å²) in [6, 6.07) is 6.35. The molecule has 0 aliphatic heterocycles. The SMILES string of the molecule is CCOCCCNC(=O)C(=O)Nc1ccc(C(C)=O)cc1. The molecule has 0 fully saturated rings. The van der Waals surface area contributed by atoms with Gasteiger partial charge in [0, 0.05) is 31.0 Å². The Hall–Kier alpha value is -2.21. The molecule has 1 aromatic carbocycles. The van der Waals surface area contributed by atoms with Crippen LogP contribution in [-0.4, -0.2) is 37.4 Å². The summed E-state index contributed by atoms with van der Waals surface area (Å²) in [5.41, 5.74) is 1.02. The first-order chi connectivity index (χ1) is 10.0. The maximum Gasteiger partial charge on any atom is 0.313 e.